The molecule has 7 heteroatoms. The molecule has 114 valence electrons. The molecular weight excluding hydrogens is 280 g/mol. The monoisotopic (exact) mass is 298 g/mol. The van der Waals surface area contributed by atoms with E-state index in [-0.39, 0.29) is 11.9 Å². The number of rotatable bonds is 4. The molecule has 0 aliphatic carbocycles. The van der Waals surface area contributed by atoms with Crippen LogP contribution in [0.1, 0.15) is 30.4 Å². The lowest BCUT2D eigenvalue weighted by Gasteiger charge is -2.03. The summed E-state index contributed by atoms with van der Waals surface area (Å²) in [6, 6.07) is 3.93. The maximum Gasteiger partial charge on any atom is 0.273 e. The number of carbonyl (C=O) groups excluding carboxylic acids is 1. The van der Waals surface area contributed by atoms with Crippen molar-refractivity contribution in [1.29, 1.82) is 0 Å². The molecule has 3 heterocycles. The first-order chi connectivity index (χ1) is 10.5. The van der Waals surface area contributed by atoms with Crippen LogP contribution < -0.4 is 5.32 Å². The van der Waals surface area contributed by atoms with Crippen molar-refractivity contribution in [2.24, 2.45) is 7.05 Å². The van der Waals surface area contributed by atoms with Crippen LogP contribution in [0.3, 0.4) is 0 Å². The minimum absolute atomic E-state index is 0.238. The number of anilines is 1. The average Bonchev–Trinajstić information content (AvgIpc) is 3.16. The van der Waals surface area contributed by atoms with Crippen LogP contribution in [0, 0.1) is 0 Å². The van der Waals surface area contributed by atoms with E-state index in [0.29, 0.717) is 11.4 Å². The predicted octanol–water partition coefficient (Wildman–Crippen LogP) is 2.44. The molecule has 1 amide bonds. The molecule has 0 spiro atoms. The Morgan fingerprint density at radius 3 is 2.82 bits per heavy atom. The van der Waals surface area contributed by atoms with E-state index in [2.05, 4.69) is 20.6 Å². The molecule has 22 heavy (non-hydrogen) atoms. The van der Waals surface area contributed by atoms with E-state index in [0.717, 1.165) is 11.3 Å². The lowest BCUT2D eigenvalue weighted by molar-refractivity contribution is 0.102. The van der Waals surface area contributed by atoms with Crippen molar-refractivity contribution in [3.63, 3.8) is 0 Å². The first-order valence-electron chi connectivity index (χ1n) is 7.06. The van der Waals surface area contributed by atoms with Crippen LogP contribution in [0.5, 0.6) is 0 Å². The first-order valence-corrected chi connectivity index (χ1v) is 7.06. The minimum atomic E-state index is -0.238. The molecule has 0 saturated carbocycles. The molecule has 2 N–H and O–H groups in total. The smallest absolute Gasteiger partial charge is 0.273 e. The van der Waals surface area contributed by atoms with Gasteiger partial charge in [0.25, 0.3) is 5.91 Å². The highest BCUT2D eigenvalue weighted by Gasteiger charge is 2.13. The summed E-state index contributed by atoms with van der Waals surface area (Å²) in [5.74, 6) is -0.238. The number of hydrogen-bond acceptors (Lipinski definition) is 3. The molecule has 3 aromatic heterocycles. The van der Waals surface area contributed by atoms with Gasteiger partial charge in [-0.3, -0.25) is 14.6 Å². The summed E-state index contributed by atoms with van der Waals surface area (Å²) >= 11 is 0. The summed E-state index contributed by atoms with van der Waals surface area (Å²) in [6.45, 7) is 4.05. The van der Waals surface area contributed by atoms with Gasteiger partial charge < -0.3 is 9.88 Å². The van der Waals surface area contributed by atoms with E-state index in [1.165, 1.54) is 0 Å². The number of aryl methyl sites for hydroxylation is 1. The molecule has 0 aliphatic rings. The normalized spacial score (nSPS) is 11.1. The Labute approximate surface area is 128 Å². The van der Waals surface area contributed by atoms with Gasteiger partial charge in [-0.25, -0.2) is 0 Å². The lowest BCUT2D eigenvalue weighted by atomic mass is 10.2. The topological polar surface area (TPSA) is 80.5 Å². The average molecular weight is 298 g/mol. The Balaban J connectivity index is 1.73. The number of nitrogens with zero attached hydrogens (tertiary/aromatic N) is 4. The Bertz CT molecular complexity index is 794. The molecule has 0 aliphatic heterocycles. The molecular formula is C15H18N6O. The van der Waals surface area contributed by atoms with Crippen LogP contribution in [0.25, 0.3) is 11.3 Å². The van der Waals surface area contributed by atoms with Gasteiger partial charge in [0.1, 0.15) is 5.69 Å². The Morgan fingerprint density at radius 2 is 2.18 bits per heavy atom. The van der Waals surface area contributed by atoms with E-state index >= 15 is 0 Å². The van der Waals surface area contributed by atoms with Crippen LogP contribution in [0.4, 0.5) is 5.69 Å². The number of aromatic amines is 1. The Kier molecular flexibility index (Phi) is 3.54. The maximum atomic E-state index is 12.2. The fourth-order valence-electron chi connectivity index (χ4n) is 2.12. The molecule has 0 fully saturated rings. The standard InChI is InChI=1S/C15H18N6O/c1-10(2)21-9-12(7-16-21)17-15(22)14-6-13(18-19-14)11-4-5-20(3)8-11/h4-10H,1-3H3,(H,17,22)(H,18,19). The van der Waals surface area contributed by atoms with Crippen molar-refractivity contribution in [2.75, 3.05) is 5.32 Å². The van der Waals surface area contributed by atoms with E-state index < -0.39 is 0 Å². The van der Waals surface area contributed by atoms with Crippen molar-refractivity contribution >= 4 is 11.6 Å². The summed E-state index contributed by atoms with van der Waals surface area (Å²) < 4.78 is 3.72. The van der Waals surface area contributed by atoms with Gasteiger partial charge in [-0.1, -0.05) is 0 Å². The third kappa shape index (κ3) is 2.78. The third-order valence-corrected chi connectivity index (χ3v) is 3.34. The highest BCUT2D eigenvalue weighted by Crippen LogP contribution is 2.18. The van der Waals surface area contributed by atoms with Crippen molar-refractivity contribution in [1.82, 2.24) is 24.5 Å². The lowest BCUT2D eigenvalue weighted by Crippen LogP contribution is -2.11. The molecule has 7 nitrogen and oxygen atoms in total. The zero-order valence-corrected chi connectivity index (χ0v) is 12.7. The maximum absolute atomic E-state index is 12.2. The zero-order valence-electron chi connectivity index (χ0n) is 12.7. The highest BCUT2D eigenvalue weighted by molar-refractivity contribution is 6.03. The molecule has 0 saturated heterocycles. The Hall–Kier alpha value is -2.83. The van der Waals surface area contributed by atoms with Gasteiger partial charge >= 0.3 is 0 Å². The van der Waals surface area contributed by atoms with Crippen molar-refractivity contribution in [3.05, 3.63) is 42.6 Å². The molecule has 3 rings (SSSR count). The van der Waals surface area contributed by atoms with Gasteiger partial charge in [-0.05, 0) is 26.0 Å². The summed E-state index contributed by atoms with van der Waals surface area (Å²) in [5.41, 5.74) is 2.78. The van der Waals surface area contributed by atoms with Gasteiger partial charge in [0.05, 0.1) is 17.6 Å². The van der Waals surface area contributed by atoms with Gasteiger partial charge in [0.2, 0.25) is 0 Å². The predicted molar refractivity (Wildman–Crippen MR) is 83.6 cm³/mol. The summed E-state index contributed by atoms with van der Waals surface area (Å²) in [6.07, 6.45) is 7.32. The molecule has 0 radical (unpaired) electrons. The van der Waals surface area contributed by atoms with Crippen molar-refractivity contribution in [2.45, 2.75) is 19.9 Å². The summed E-state index contributed by atoms with van der Waals surface area (Å²) in [4.78, 5) is 12.2. The molecule has 3 aromatic rings. The number of amides is 1. The number of aromatic nitrogens is 5. The molecule has 0 bridgehead atoms. The van der Waals surface area contributed by atoms with Crippen molar-refractivity contribution < 1.29 is 4.79 Å². The number of nitrogens with one attached hydrogen (secondary N) is 2. The van der Waals surface area contributed by atoms with E-state index in [1.54, 1.807) is 23.1 Å². The second kappa shape index (κ2) is 5.51. The zero-order chi connectivity index (χ0) is 15.7. The van der Waals surface area contributed by atoms with Crippen LogP contribution in [-0.4, -0.2) is 30.5 Å². The fourth-order valence-corrected chi connectivity index (χ4v) is 2.12. The van der Waals surface area contributed by atoms with Crippen LogP contribution in [-0.2, 0) is 7.05 Å². The first kappa shape index (κ1) is 14.1. The van der Waals surface area contributed by atoms with Crippen LogP contribution in [0.2, 0.25) is 0 Å². The Morgan fingerprint density at radius 1 is 1.36 bits per heavy atom. The second-order valence-electron chi connectivity index (χ2n) is 5.49. The van der Waals surface area contributed by atoms with E-state index in [1.807, 2.05) is 43.9 Å². The second-order valence-corrected chi connectivity index (χ2v) is 5.49. The summed E-state index contributed by atoms with van der Waals surface area (Å²) in [7, 11) is 1.94. The van der Waals surface area contributed by atoms with Crippen LogP contribution >= 0.6 is 0 Å². The molecule has 0 unspecified atom stereocenters. The minimum Gasteiger partial charge on any atom is -0.357 e. The number of hydrogen-bond donors (Lipinski definition) is 2. The highest BCUT2D eigenvalue weighted by atomic mass is 16.1. The number of carbonyl (C=O) groups is 1. The molecule has 0 atom stereocenters. The van der Waals surface area contributed by atoms with Crippen LogP contribution in [0.15, 0.2) is 36.9 Å². The van der Waals surface area contributed by atoms with Gasteiger partial charge in [-0.15, -0.1) is 0 Å². The van der Waals surface area contributed by atoms with E-state index in [4.69, 9.17) is 0 Å². The van der Waals surface area contributed by atoms with Gasteiger partial charge in [0, 0.05) is 37.2 Å². The van der Waals surface area contributed by atoms with E-state index in [9.17, 15) is 4.79 Å². The largest absolute Gasteiger partial charge is 0.357 e. The SMILES string of the molecule is CC(C)n1cc(NC(=O)c2cc(-c3ccn(C)c3)n[nH]2)cn1. The third-order valence-electron chi connectivity index (χ3n) is 3.34. The summed E-state index contributed by atoms with van der Waals surface area (Å²) in [5, 5.41) is 13.9. The van der Waals surface area contributed by atoms with Gasteiger partial charge in [-0.2, -0.15) is 10.2 Å². The number of H-pyrrole nitrogens is 1. The quantitative estimate of drug-likeness (QED) is 0.776. The van der Waals surface area contributed by atoms with Gasteiger partial charge in [0.15, 0.2) is 0 Å². The molecule has 0 aromatic carbocycles. The van der Waals surface area contributed by atoms with Crippen molar-refractivity contribution in [3.8, 4) is 11.3 Å². The fraction of sp³-hybridized carbons (Fsp3) is 0.267.